The first kappa shape index (κ1) is 12.9. The maximum atomic E-state index is 11.3. The minimum absolute atomic E-state index is 0.185. The van der Waals surface area contributed by atoms with Crippen LogP contribution in [0.2, 0.25) is 0 Å². The van der Waals surface area contributed by atoms with E-state index < -0.39 is 10.0 Å². The van der Waals surface area contributed by atoms with Crippen LogP contribution in [0.4, 0.5) is 0 Å². The second kappa shape index (κ2) is 5.82. The van der Waals surface area contributed by atoms with Gasteiger partial charge in [-0.05, 0) is 18.8 Å². The van der Waals surface area contributed by atoms with Gasteiger partial charge < -0.3 is 5.32 Å². The van der Waals surface area contributed by atoms with Crippen LogP contribution in [-0.2, 0) is 10.0 Å². The van der Waals surface area contributed by atoms with E-state index in [1.54, 1.807) is 6.92 Å². The lowest BCUT2D eigenvalue weighted by Crippen LogP contribution is -2.37. The SMILES string of the molecule is CCNS(=O)(=O)CCNC1CCCC1C. The zero-order chi connectivity index (χ0) is 11.3. The van der Waals surface area contributed by atoms with Gasteiger partial charge >= 0.3 is 0 Å². The topological polar surface area (TPSA) is 58.2 Å². The second-order valence-corrected chi connectivity index (χ2v) is 6.21. The Bertz CT molecular complexity index is 277. The van der Waals surface area contributed by atoms with Gasteiger partial charge in [0, 0.05) is 19.1 Å². The number of hydrogen-bond donors (Lipinski definition) is 2. The first-order valence-electron chi connectivity index (χ1n) is 5.76. The highest BCUT2D eigenvalue weighted by Gasteiger charge is 2.22. The van der Waals surface area contributed by atoms with E-state index in [-0.39, 0.29) is 5.75 Å². The highest BCUT2D eigenvalue weighted by atomic mass is 32.2. The summed E-state index contributed by atoms with van der Waals surface area (Å²) < 4.78 is 25.2. The van der Waals surface area contributed by atoms with Crippen LogP contribution in [0.15, 0.2) is 0 Å². The molecule has 0 bridgehead atoms. The lowest BCUT2D eigenvalue weighted by Gasteiger charge is -2.17. The molecular formula is C10H22N2O2S. The average Bonchev–Trinajstić information content (AvgIpc) is 2.51. The van der Waals surface area contributed by atoms with Crippen LogP contribution in [0.3, 0.4) is 0 Å². The Hall–Kier alpha value is -0.130. The van der Waals surface area contributed by atoms with Gasteiger partial charge in [-0.25, -0.2) is 13.1 Å². The van der Waals surface area contributed by atoms with Crippen molar-refractivity contribution < 1.29 is 8.42 Å². The van der Waals surface area contributed by atoms with Gasteiger partial charge in [-0.15, -0.1) is 0 Å². The molecule has 15 heavy (non-hydrogen) atoms. The molecule has 0 aromatic rings. The van der Waals surface area contributed by atoms with Gasteiger partial charge in [0.2, 0.25) is 10.0 Å². The molecule has 0 aliphatic heterocycles. The molecule has 0 amide bonds. The number of sulfonamides is 1. The molecule has 1 rings (SSSR count). The van der Waals surface area contributed by atoms with Gasteiger partial charge in [0.15, 0.2) is 0 Å². The standard InChI is InChI=1S/C10H22N2O2S/c1-3-12-15(13,14)8-7-11-10-6-4-5-9(10)2/h9-12H,3-8H2,1-2H3. The lowest BCUT2D eigenvalue weighted by atomic mass is 10.1. The predicted octanol–water partition coefficient (Wildman–Crippen LogP) is 0.704. The number of rotatable bonds is 6. The molecule has 0 heterocycles. The molecule has 2 N–H and O–H groups in total. The molecular weight excluding hydrogens is 212 g/mol. The maximum Gasteiger partial charge on any atom is 0.212 e. The van der Waals surface area contributed by atoms with Crippen LogP contribution in [0.5, 0.6) is 0 Å². The molecule has 1 aliphatic carbocycles. The molecule has 5 heteroatoms. The van der Waals surface area contributed by atoms with Crippen LogP contribution < -0.4 is 10.0 Å². The van der Waals surface area contributed by atoms with E-state index >= 15 is 0 Å². The predicted molar refractivity (Wildman–Crippen MR) is 62.3 cm³/mol. The Morgan fingerprint density at radius 2 is 2.07 bits per heavy atom. The molecule has 0 saturated heterocycles. The third kappa shape index (κ3) is 4.49. The van der Waals surface area contributed by atoms with E-state index in [9.17, 15) is 8.42 Å². The van der Waals surface area contributed by atoms with Crippen LogP contribution in [0, 0.1) is 5.92 Å². The molecule has 1 saturated carbocycles. The molecule has 0 radical (unpaired) electrons. The Balaban J connectivity index is 2.21. The molecule has 1 aliphatic rings. The van der Waals surface area contributed by atoms with Crippen LogP contribution >= 0.6 is 0 Å². The summed E-state index contributed by atoms with van der Waals surface area (Å²) in [6.07, 6.45) is 3.71. The van der Waals surface area contributed by atoms with Crippen molar-refractivity contribution in [2.75, 3.05) is 18.8 Å². The molecule has 0 aromatic carbocycles. The van der Waals surface area contributed by atoms with E-state index in [4.69, 9.17) is 0 Å². The molecule has 2 atom stereocenters. The average molecular weight is 234 g/mol. The summed E-state index contributed by atoms with van der Waals surface area (Å²) in [5.74, 6) is 0.871. The van der Waals surface area contributed by atoms with Crippen molar-refractivity contribution in [2.45, 2.75) is 39.2 Å². The molecule has 4 nitrogen and oxygen atoms in total. The quantitative estimate of drug-likeness (QED) is 0.711. The van der Waals surface area contributed by atoms with E-state index in [0.29, 0.717) is 25.0 Å². The van der Waals surface area contributed by atoms with Crippen molar-refractivity contribution in [3.63, 3.8) is 0 Å². The lowest BCUT2D eigenvalue weighted by molar-refractivity contribution is 0.436. The summed E-state index contributed by atoms with van der Waals surface area (Å²) in [5.41, 5.74) is 0. The first-order valence-corrected chi connectivity index (χ1v) is 7.41. The molecule has 1 fully saturated rings. The van der Waals surface area contributed by atoms with E-state index in [1.807, 2.05) is 0 Å². The van der Waals surface area contributed by atoms with Crippen molar-refractivity contribution >= 4 is 10.0 Å². The summed E-state index contributed by atoms with van der Waals surface area (Å²) in [5, 5.41) is 3.33. The smallest absolute Gasteiger partial charge is 0.212 e. The summed E-state index contributed by atoms with van der Waals surface area (Å²) in [6, 6.07) is 0.516. The fourth-order valence-corrected chi connectivity index (χ4v) is 3.09. The molecule has 0 aromatic heterocycles. The summed E-state index contributed by atoms with van der Waals surface area (Å²) >= 11 is 0. The zero-order valence-corrected chi connectivity index (χ0v) is 10.4. The van der Waals surface area contributed by atoms with Gasteiger partial charge in [0.25, 0.3) is 0 Å². The van der Waals surface area contributed by atoms with Gasteiger partial charge in [0.1, 0.15) is 0 Å². The Kier molecular flexibility index (Phi) is 5.02. The van der Waals surface area contributed by atoms with Gasteiger partial charge in [0.05, 0.1) is 5.75 Å². The minimum Gasteiger partial charge on any atom is -0.313 e. The van der Waals surface area contributed by atoms with Gasteiger partial charge in [-0.3, -0.25) is 0 Å². The highest BCUT2D eigenvalue weighted by molar-refractivity contribution is 7.89. The third-order valence-electron chi connectivity index (χ3n) is 3.00. The second-order valence-electron chi connectivity index (χ2n) is 4.29. The largest absolute Gasteiger partial charge is 0.313 e. The number of hydrogen-bond acceptors (Lipinski definition) is 3. The Labute approximate surface area is 92.9 Å². The highest BCUT2D eigenvalue weighted by Crippen LogP contribution is 2.24. The van der Waals surface area contributed by atoms with Crippen LogP contribution in [-0.4, -0.2) is 33.3 Å². The number of nitrogens with one attached hydrogen (secondary N) is 2. The van der Waals surface area contributed by atoms with E-state index in [0.717, 1.165) is 0 Å². The minimum atomic E-state index is -3.05. The zero-order valence-electron chi connectivity index (χ0n) is 9.62. The maximum absolute atomic E-state index is 11.3. The van der Waals surface area contributed by atoms with E-state index in [2.05, 4.69) is 17.0 Å². The van der Waals surface area contributed by atoms with Crippen LogP contribution in [0.1, 0.15) is 33.1 Å². The Morgan fingerprint density at radius 3 is 2.60 bits per heavy atom. The monoisotopic (exact) mass is 234 g/mol. The molecule has 2 unspecified atom stereocenters. The molecule has 90 valence electrons. The van der Waals surface area contributed by atoms with Gasteiger partial charge in [-0.2, -0.15) is 0 Å². The fraction of sp³-hybridized carbons (Fsp3) is 1.00. The normalized spacial score (nSPS) is 27.1. The van der Waals surface area contributed by atoms with Crippen molar-refractivity contribution in [1.29, 1.82) is 0 Å². The first-order chi connectivity index (χ1) is 7.05. The summed E-state index contributed by atoms with van der Waals surface area (Å²) in [4.78, 5) is 0. The van der Waals surface area contributed by atoms with Crippen molar-refractivity contribution in [3.8, 4) is 0 Å². The Morgan fingerprint density at radius 1 is 1.33 bits per heavy atom. The van der Waals surface area contributed by atoms with Crippen molar-refractivity contribution in [2.24, 2.45) is 5.92 Å². The summed E-state index contributed by atoms with van der Waals surface area (Å²) in [7, 11) is -3.05. The van der Waals surface area contributed by atoms with Crippen molar-refractivity contribution in [3.05, 3.63) is 0 Å². The van der Waals surface area contributed by atoms with Crippen LogP contribution in [0.25, 0.3) is 0 Å². The molecule has 0 spiro atoms. The van der Waals surface area contributed by atoms with E-state index in [1.165, 1.54) is 19.3 Å². The van der Waals surface area contributed by atoms with Crippen molar-refractivity contribution in [1.82, 2.24) is 10.0 Å². The summed E-state index contributed by atoms with van der Waals surface area (Å²) in [6.45, 7) is 5.06. The fourth-order valence-electron chi connectivity index (χ4n) is 2.12. The van der Waals surface area contributed by atoms with Gasteiger partial charge in [-0.1, -0.05) is 20.3 Å². The third-order valence-corrected chi connectivity index (χ3v) is 4.47.